The lowest BCUT2D eigenvalue weighted by Gasteiger charge is -2.21. The number of hydrogen-bond donors (Lipinski definition) is 3. The molecule has 0 amide bonds. The summed E-state index contributed by atoms with van der Waals surface area (Å²) in [5.74, 6) is -2.82. The molecule has 0 fully saturated rings. The molecule has 174 valence electrons. The zero-order valence-electron chi connectivity index (χ0n) is 18.4. The van der Waals surface area contributed by atoms with Gasteiger partial charge in [-0.15, -0.1) is 0 Å². The Morgan fingerprint density at radius 2 is 1.41 bits per heavy atom. The number of aldehydes is 1. The van der Waals surface area contributed by atoms with Crippen LogP contribution in [0.25, 0.3) is 32.7 Å². The molecular formula is C24H18O10. The average molecular weight is 466 g/mol. The van der Waals surface area contributed by atoms with E-state index in [-0.39, 0.29) is 62.0 Å². The maximum Gasteiger partial charge on any atom is 0.347 e. The third-order valence-corrected chi connectivity index (χ3v) is 5.66. The first-order chi connectivity index (χ1) is 16.0. The van der Waals surface area contributed by atoms with Crippen LogP contribution in [0.5, 0.6) is 17.2 Å². The van der Waals surface area contributed by atoms with E-state index in [0.29, 0.717) is 0 Å². The van der Waals surface area contributed by atoms with Gasteiger partial charge in [-0.1, -0.05) is 0 Å². The fourth-order valence-corrected chi connectivity index (χ4v) is 4.35. The lowest BCUT2D eigenvalue weighted by Crippen LogP contribution is -2.10. The van der Waals surface area contributed by atoms with Crippen LogP contribution in [0.15, 0.2) is 30.6 Å². The highest BCUT2D eigenvalue weighted by Gasteiger charge is 2.30. The number of ether oxygens (including phenoxy) is 1. The molecule has 2 aromatic carbocycles. The fourth-order valence-electron chi connectivity index (χ4n) is 4.35. The number of phenols is 2. The SMILES string of the molecule is COc1c(C=O)c(O)c2c(=O)oc(C)cc2c1-c1c(C)c(C(=O)O)c(O)c2c(=O)oc(C)cc12. The molecule has 10 heteroatoms. The summed E-state index contributed by atoms with van der Waals surface area (Å²) in [6.45, 7) is 4.38. The van der Waals surface area contributed by atoms with Crippen LogP contribution < -0.4 is 16.0 Å². The Morgan fingerprint density at radius 3 is 1.88 bits per heavy atom. The summed E-state index contributed by atoms with van der Waals surface area (Å²) in [5.41, 5.74) is -2.69. The molecule has 10 nitrogen and oxygen atoms in total. The average Bonchev–Trinajstić information content (AvgIpc) is 2.73. The molecule has 4 rings (SSSR count). The van der Waals surface area contributed by atoms with Crippen LogP contribution in [-0.2, 0) is 0 Å². The lowest BCUT2D eigenvalue weighted by molar-refractivity contribution is 0.0693. The number of carbonyl (C=O) groups excluding carboxylic acids is 1. The first-order valence-corrected chi connectivity index (χ1v) is 9.89. The molecule has 0 spiro atoms. The van der Waals surface area contributed by atoms with Gasteiger partial charge in [0.15, 0.2) is 6.29 Å². The van der Waals surface area contributed by atoms with Crippen molar-refractivity contribution in [2.45, 2.75) is 20.8 Å². The van der Waals surface area contributed by atoms with Gasteiger partial charge in [-0.3, -0.25) is 4.79 Å². The van der Waals surface area contributed by atoms with Crippen molar-refractivity contribution in [1.29, 1.82) is 0 Å². The molecule has 0 saturated heterocycles. The third-order valence-electron chi connectivity index (χ3n) is 5.66. The first-order valence-electron chi connectivity index (χ1n) is 9.89. The number of aromatic carboxylic acids is 1. The molecule has 0 aliphatic carbocycles. The second-order valence-corrected chi connectivity index (χ2v) is 7.68. The Kier molecular flexibility index (Phi) is 5.16. The molecule has 34 heavy (non-hydrogen) atoms. The van der Waals surface area contributed by atoms with Crippen molar-refractivity contribution >= 4 is 33.8 Å². The maximum atomic E-state index is 12.7. The van der Waals surface area contributed by atoms with Gasteiger partial charge in [0.1, 0.15) is 45.1 Å². The molecule has 4 aromatic rings. The number of hydrogen-bond acceptors (Lipinski definition) is 9. The minimum Gasteiger partial charge on any atom is -0.506 e. The number of fused-ring (bicyclic) bond motifs is 2. The predicted octanol–water partition coefficient (Wildman–Crippen LogP) is 3.42. The third kappa shape index (κ3) is 3.03. The normalized spacial score (nSPS) is 11.2. The molecule has 2 heterocycles. The number of aryl methyl sites for hydroxylation is 2. The summed E-state index contributed by atoms with van der Waals surface area (Å²) in [5, 5.41) is 30.6. The Balaban J connectivity index is 2.47. The zero-order chi connectivity index (χ0) is 25.1. The highest BCUT2D eigenvalue weighted by molar-refractivity contribution is 6.16. The minimum absolute atomic E-state index is 0.0236. The second kappa shape index (κ2) is 7.77. The van der Waals surface area contributed by atoms with Crippen molar-refractivity contribution in [3.05, 3.63) is 61.2 Å². The first kappa shape index (κ1) is 22.6. The van der Waals surface area contributed by atoms with E-state index in [2.05, 4.69) is 0 Å². The van der Waals surface area contributed by atoms with Crippen LogP contribution in [-0.4, -0.2) is 34.7 Å². The highest BCUT2D eigenvalue weighted by atomic mass is 16.5. The van der Waals surface area contributed by atoms with Crippen molar-refractivity contribution in [2.24, 2.45) is 0 Å². The Labute approximate surface area is 190 Å². The molecule has 3 N–H and O–H groups in total. The van der Waals surface area contributed by atoms with E-state index in [1.165, 1.54) is 40.0 Å². The summed E-state index contributed by atoms with van der Waals surface area (Å²) in [7, 11) is 1.23. The van der Waals surface area contributed by atoms with Gasteiger partial charge < -0.3 is 28.9 Å². The van der Waals surface area contributed by atoms with Gasteiger partial charge in [-0.2, -0.15) is 0 Å². The Hall–Kier alpha value is -4.60. The quantitative estimate of drug-likeness (QED) is 0.379. The van der Waals surface area contributed by atoms with Crippen molar-refractivity contribution in [3.8, 4) is 28.4 Å². The predicted molar refractivity (Wildman–Crippen MR) is 120 cm³/mol. The number of phenolic OH excluding ortho intramolecular Hbond substituents is 1. The van der Waals surface area contributed by atoms with Gasteiger partial charge in [0.25, 0.3) is 0 Å². The van der Waals surface area contributed by atoms with Gasteiger partial charge in [0.05, 0.1) is 12.7 Å². The molecule has 0 saturated carbocycles. The van der Waals surface area contributed by atoms with Crippen LogP contribution >= 0.6 is 0 Å². The van der Waals surface area contributed by atoms with Crippen LogP contribution in [0.1, 0.15) is 37.8 Å². The molecule has 0 radical (unpaired) electrons. The second-order valence-electron chi connectivity index (χ2n) is 7.68. The summed E-state index contributed by atoms with van der Waals surface area (Å²) >= 11 is 0. The summed E-state index contributed by atoms with van der Waals surface area (Å²) in [6.07, 6.45) is 0.284. The lowest BCUT2D eigenvalue weighted by atomic mass is 9.86. The number of aromatic hydroxyl groups is 2. The summed E-state index contributed by atoms with van der Waals surface area (Å²) in [6, 6.07) is 2.83. The smallest absolute Gasteiger partial charge is 0.347 e. The van der Waals surface area contributed by atoms with Crippen LogP contribution in [0, 0.1) is 20.8 Å². The number of rotatable bonds is 4. The topological polar surface area (TPSA) is 164 Å². The maximum absolute atomic E-state index is 12.7. The largest absolute Gasteiger partial charge is 0.506 e. The number of methoxy groups -OCH3 is 1. The molecule has 0 atom stereocenters. The monoisotopic (exact) mass is 466 g/mol. The van der Waals surface area contributed by atoms with Crippen molar-refractivity contribution in [3.63, 3.8) is 0 Å². The standard InChI is InChI=1S/C24H18O10/c1-8-5-11-14(10(3)15(22(28)29)20(27)18(11)24(31)34-8)16-12-6-9(2)33-23(30)17(12)19(26)13(7-25)21(16)32-4/h5-7,26-27H,1-4H3,(H,28,29). The Morgan fingerprint density at radius 1 is 0.912 bits per heavy atom. The van der Waals surface area contributed by atoms with Gasteiger partial charge in [-0.05, 0) is 44.0 Å². The van der Waals surface area contributed by atoms with Gasteiger partial charge in [0.2, 0.25) is 0 Å². The van der Waals surface area contributed by atoms with Crippen molar-refractivity contribution < 1.29 is 38.5 Å². The van der Waals surface area contributed by atoms with E-state index in [1.54, 1.807) is 0 Å². The molecule has 0 aliphatic heterocycles. The highest BCUT2D eigenvalue weighted by Crippen LogP contribution is 2.49. The van der Waals surface area contributed by atoms with Crippen LogP contribution in [0.2, 0.25) is 0 Å². The molecule has 2 aromatic heterocycles. The number of carboxylic acid groups (broad SMARTS) is 1. The van der Waals surface area contributed by atoms with E-state index < -0.39 is 39.7 Å². The molecular weight excluding hydrogens is 448 g/mol. The van der Waals surface area contributed by atoms with Crippen LogP contribution in [0.3, 0.4) is 0 Å². The van der Waals surface area contributed by atoms with E-state index >= 15 is 0 Å². The van der Waals surface area contributed by atoms with Crippen LogP contribution in [0.4, 0.5) is 0 Å². The van der Waals surface area contributed by atoms with Gasteiger partial charge in [-0.25, -0.2) is 14.4 Å². The van der Waals surface area contributed by atoms with Crippen molar-refractivity contribution in [2.75, 3.05) is 7.11 Å². The van der Waals surface area contributed by atoms with E-state index in [4.69, 9.17) is 13.6 Å². The Bertz CT molecular complexity index is 1670. The van der Waals surface area contributed by atoms with E-state index in [9.17, 15) is 34.5 Å². The molecule has 0 bridgehead atoms. The molecule has 0 unspecified atom stereocenters. The zero-order valence-corrected chi connectivity index (χ0v) is 18.4. The fraction of sp³-hybridized carbons (Fsp3) is 0.167. The number of benzene rings is 2. The van der Waals surface area contributed by atoms with E-state index in [0.717, 1.165) is 0 Å². The van der Waals surface area contributed by atoms with Crippen molar-refractivity contribution in [1.82, 2.24) is 0 Å². The molecule has 0 aliphatic rings. The van der Waals surface area contributed by atoms with E-state index in [1.807, 2.05) is 0 Å². The minimum atomic E-state index is -1.52. The summed E-state index contributed by atoms with van der Waals surface area (Å²) < 4.78 is 15.6. The van der Waals surface area contributed by atoms with Gasteiger partial charge >= 0.3 is 17.2 Å². The van der Waals surface area contributed by atoms with Gasteiger partial charge in [0, 0.05) is 16.3 Å². The number of carboxylic acids is 1. The summed E-state index contributed by atoms with van der Waals surface area (Å²) in [4.78, 5) is 49.3. The number of carbonyl (C=O) groups is 2.